The molecule has 0 saturated carbocycles. The topological polar surface area (TPSA) is 41.8 Å². The SMILES string of the molecule is C#CCOc1c(Cl)cc(/C=N/O)cc1Cl. The predicted octanol–water partition coefficient (Wildman–Crippen LogP) is 2.81. The molecular weight excluding hydrogens is 237 g/mol. The first-order chi connectivity index (χ1) is 7.19. The number of ether oxygens (including phenoxy) is 1. The minimum absolute atomic E-state index is 0.0902. The molecule has 0 atom stereocenters. The molecule has 0 heterocycles. The smallest absolute Gasteiger partial charge is 0.157 e. The molecule has 15 heavy (non-hydrogen) atoms. The number of hydrogen-bond donors (Lipinski definition) is 1. The molecule has 0 aromatic heterocycles. The highest BCUT2D eigenvalue weighted by Crippen LogP contribution is 2.33. The van der Waals surface area contributed by atoms with E-state index in [0.717, 1.165) is 0 Å². The van der Waals surface area contributed by atoms with Crippen LogP contribution in [0.5, 0.6) is 5.75 Å². The number of hydrogen-bond acceptors (Lipinski definition) is 3. The van der Waals surface area contributed by atoms with Gasteiger partial charge in [0, 0.05) is 0 Å². The summed E-state index contributed by atoms with van der Waals surface area (Å²) in [5, 5.41) is 11.8. The molecule has 3 nitrogen and oxygen atoms in total. The van der Waals surface area contributed by atoms with Gasteiger partial charge in [-0.1, -0.05) is 34.3 Å². The molecule has 0 fully saturated rings. The van der Waals surface area contributed by atoms with Crippen LogP contribution < -0.4 is 4.74 Å². The molecule has 0 amide bonds. The number of benzene rings is 1. The summed E-state index contributed by atoms with van der Waals surface area (Å²) in [6.07, 6.45) is 6.25. The first-order valence-electron chi connectivity index (χ1n) is 3.91. The van der Waals surface area contributed by atoms with Crippen molar-refractivity contribution in [1.29, 1.82) is 0 Å². The predicted molar refractivity (Wildman–Crippen MR) is 60.2 cm³/mol. The molecule has 5 heteroatoms. The molecule has 0 aliphatic carbocycles. The van der Waals surface area contributed by atoms with Gasteiger partial charge in [-0.2, -0.15) is 0 Å². The summed E-state index contributed by atoms with van der Waals surface area (Å²) in [6, 6.07) is 3.11. The molecule has 1 N–H and O–H groups in total. The largest absolute Gasteiger partial charge is 0.478 e. The van der Waals surface area contributed by atoms with Crippen molar-refractivity contribution in [3.05, 3.63) is 27.7 Å². The number of rotatable bonds is 3. The van der Waals surface area contributed by atoms with Crippen LogP contribution in [0.4, 0.5) is 0 Å². The Bertz CT molecular complexity index is 401. The van der Waals surface area contributed by atoms with E-state index in [2.05, 4.69) is 11.1 Å². The fourth-order valence-corrected chi connectivity index (χ4v) is 1.59. The van der Waals surface area contributed by atoms with E-state index >= 15 is 0 Å². The summed E-state index contributed by atoms with van der Waals surface area (Å²) in [5.74, 6) is 2.63. The van der Waals surface area contributed by atoms with Gasteiger partial charge in [0.25, 0.3) is 0 Å². The zero-order valence-electron chi connectivity index (χ0n) is 7.58. The molecule has 1 aromatic rings. The summed E-state index contributed by atoms with van der Waals surface area (Å²) in [4.78, 5) is 0. The summed E-state index contributed by atoms with van der Waals surface area (Å²) in [6.45, 7) is 0.0902. The highest BCUT2D eigenvalue weighted by molar-refractivity contribution is 6.37. The Morgan fingerprint density at radius 2 is 2.07 bits per heavy atom. The van der Waals surface area contributed by atoms with Gasteiger partial charge in [-0.25, -0.2) is 0 Å². The summed E-state index contributed by atoms with van der Waals surface area (Å²) in [5.41, 5.74) is 0.570. The second kappa shape index (κ2) is 5.50. The Morgan fingerprint density at radius 1 is 1.47 bits per heavy atom. The van der Waals surface area contributed by atoms with Gasteiger partial charge in [0.2, 0.25) is 0 Å². The molecule has 0 aliphatic heterocycles. The average Bonchev–Trinajstić information content (AvgIpc) is 2.17. The second-order valence-corrected chi connectivity index (χ2v) is 3.37. The maximum Gasteiger partial charge on any atom is 0.157 e. The Morgan fingerprint density at radius 3 is 2.53 bits per heavy atom. The van der Waals surface area contributed by atoms with E-state index < -0.39 is 0 Å². The summed E-state index contributed by atoms with van der Waals surface area (Å²) in [7, 11) is 0. The Hall–Kier alpha value is -1.37. The van der Waals surface area contributed by atoms with E-state index in [1.807, 2.05) is 0 Å². The van der Waals surface area contributed by atoms with Gasteiger partial charge in [-0.15, -0.1) is 6.42 Å². The number of oxime groups is 1. The Kier molecular flexibility index (Phi) is 4.29. The maximum atomic E-state index is 8.34. The number of terminal acetylenes is 1. The lowest BCUT2D eigenvalue weighted by atomic mass is 10.2. The first kappa shape index (κ1) is 11.7. The van der Waals surface area contributed by atoms with Gasteiger partial charge in [0.1, 0.15) is 6.61 Å². The van der Waals surface area contributed by atoms with E-state index in [1.54, 1.807) is 12.1 Å². The van der Waals surface area contributed by atoms with Crippen molar-refractivity contribution >= 4 is 29.4 Å². The highest BCUT2D eigenvalue weighted by atomic mass is 35.5. The Labute approximate surface area is 97.3 Å². The minimum Gasteiger partial charge on any atom is -0.478 e. The van der Waals surface area contributed by atoms with Crippen LogP contribution in [0.15, 0.2) is 17.3 Å². The van der Waals surface area contributed by atoms with E-state index in [9.17, 15) is 0 Å². The van der Waals surface area contributed by atoms with Crippen molar-refractivity contribution in [3.63, 3.8) is 0 Å². The highest BCUT2D eigenvalue weighted by Gasteiger charge is 2.08. The fraction of sp³-hybridized carbons (Fsp3) is 0.100. The van der Waals surface area contributed by atoms with Crippen LogP contribution in [-0.4, -0.2) is 18.0 Å². The number of nitrogens with zero attached hydrogens (tertiary/aromatic N) is 1. The van der Waals surface area contributed by atoms with Crippen LogP contribution in [0.2, 0.25) is 10.0 Å². The maximum absolute atomic E-state index is 8.34. The van der Waals surface area contributed by atoms with Crippen molar-refractivity contribution in [2.24, 2.45) is 5.16 Å². The van der Waals surface area contributed by atoms with Gasteiger partial charge in [-0.3, -0.25) is 0 Å². The van der Waals surface area contributed by atoms with Crippen molar-refractivity contribution in [2.45, 2.75) is 0 Å². The lowest BCUT2D eigenvalue weighted by molar-refractivity contribution is 0.322. The van der Waals surface area contributed by atoms with E-state index in [-0.39, 0.29) is 6.61 Å². The third kappa shape index (κ3) is 3.05. The molecule has 1 aromatic carbocycles. The van der Waals surface area contributed by atoms with Crippen LogP contribution in [-0.2, 0) is 0 Å². The van der Waals surface area contributed by atoms with E-state index in [4.69, 9.17) is 39.6 Å². The zero-order valence-corrected chi connectivity index (χ0v) is 9.09. The molecule has 0 aliphatic rings. The monoisotopic (exact) mass is 243 g/mol. The van der Waals surface area contributed by atoms with Crippen LogP contribution in [0, 0.1) is 12.3 Å². The van der Waals surface area contributed by atoms with E-state index in [0.29, 0.717) is 21.4 Å². The third-order valence-electron chi connectivity index (χ3n) is 1.53. The molecule has 0 spiro atoms. The van der Waals surface area contributed by atoms with Crippen LogP contribution in [0.3, 0.4) is 0 Å². The van der Waals surface area contributed by atoms with Gasteiger partial charge in [0.15, 0.2) is 5.75 Å². The third-order valence-corrected chi connectivity index (χ3v) is 2.09. The lowest BCUT2D eigenvalue weighted by Crippen LogP contribution is -1.96. The number of halogens is 2. The molecule has 0 bridgehead atoms. The van der Waals surface area contributed by atoms with Crippen LogP contribution in [0.1, 0.15) is 5.56 Å². The zero-order chi connectivity index (χ0) is 11.3. The fourth-order valence-electron chi connectivity index (χ4n) is 0.972. The molecule has 0 saturated heterocycles. The van der Waals surface area contributed by atoms with Crippen molar-refractivity contribution in [1.82, 2.24) is 0 Å². The van der Waals surface area contributed by atoms with Gasteiger partial charge in [-0.05, 0) is 17.7 Å². The van der Waals surface area contributed by atoms with E-state index in [1.165, 1.54) is 6.21 Å². The lowest BCUT2D eigenvalue weighted by Gasteiger charge is -2.07. The molecule has 1 rings (SSSR count). The van der Waals surface area contributed by atoms with Crippen molar-refractivity contribution < 1.29 is 9.94 Å². The summed E-state index contributed by atoms with van der Waals surface area (Å²) >= 11 is 11.8. The van der Waals surface area contributed by atoms with Crippen LogP contribution in [0.25, 0.3) is 0 Å². The molecule has 0 unspecified atom stereocenters. The quantitative estimate of drug-likeness (QED) is 0.384. The standard InChI is InChI=1S/C10H7Cl2NO2/c1-2-3-15-10-8(11)4-7(6-13-14)5-9(10)12/h1,4-6,14H,3H2/b13-6+. The second-order valence-electron chi connectivity index (χ2n) is 2.55. The molecule has 78 valence electrons. The van der Waals surface area contributed by atoms with Gasteiger partial charge >= 0.3 is 0 Å². The normalized spacial score (nSPS) is 10.2. The van der Waals surface area contributed by atoms with Crippen molar-refractivity contribution in [2.75, 3.05) is 6.61 Å². The van der Waals surface area contributed by atoms with Gasteiger partial charge in [0.05, 0.1) is 16.3 Å². The Balaban J connectivity index is 3.05. The average molecular weight is 244 g/mol. The summed E-state index contributed by atoms with van der Waals surface area (Å²) < 4.78 is 5.14. The van der Waals surface area contributed by atoms with Crippen LogP contribution >= 0.6 is 23.2 Å². The first-order valence-corrected chi connectivity index (χ1v) is 4.67. The van der Waals surface area contributed by atoms with Crippen molar-refractivity contribution in [3.8, 4) is 18.1 Å². The molecule has 0 radical (unpaired) electrons. The minimum atomic E-state index is 0.0902. The van der Waals surface area contributed by atoms with Gasteiger partial charge < -0.3 is 9.94 Å². The molecular formula is C10H7Cl2NO2.